The Bertz CT molecular complexity index is 442. The van der Waals surface area contributed by atoms with E-state index in [0.29, 0.717) is 0 Å². The van der Waals surface area contributed by atoms with E-state index in [0.717, 1.165) is 20.9 Å². The number of para-hydroxylation sites is 1. The Labute approximate surface area is 84.4 Å². The molecule has 3 heteroatoms. The molecule has 1 aromatic heterocycles. The summed E-state index contributed by atoms with van der Waals surface area (Å²) in [5.41, 5.74) is 1.73. The summed E-state index contributed by atoms with van der Waals surface area (Å²) in [6, 6.07) is 7.76. The Balaban J connectivity index is 2.77. The highest BCUT2D eigenvalue weighted by molar-refractivity contribution is 9.10. The third-order valence-electron chi connectivity index (χ3n) is 1.93. The quantitative estimate of drug-likeness (QED) is 0.827. The van der Waals surface area contributed by atoms with Crippen molar-refractivity contribution in [2.75, 3.05) is 0 Å². The van der Waals surface area contributed by atoms with Crippen molar-refractivity contribution in [1.29, 1.82) is 0 Å². The number of aromatic nitrogens is 1. The van der Waals surface area contributed by atoms with Gasteiger partial charge in [0.25, 0.3) is 0 Å². The first-order chi connectivity index (χ1) is 6.31. The first kappa shape index (κ1) is 8.66. The molecule has 1 heterocycles. The number of nitrogens with zero attached hydrogens (tertiary/aromatic N) is 1. The molecule has 0 saturated heterocycles. The predicted octanol–water partition coefficient (Wildman–Crippen LogP) is 2.49. The highest BCUT2D eigenvalue weighted by Gasteiger charge is 2.00. The number of halogens is 1. The van der Waals surface area contributed by atoms with Crippen molar-refractivity contribution < 1.29 is 5.11 Å². The van der Waals surface area contributed by atoms with Crippen LogP contribution in [-0.2, 0) is 6.61 Å². The van der Waals surface area contributed by atoms with Crippen molar-refractivity contribution in [3.63, 3.8) is 0 Å². The van der Waals surface area contributed by atoms with E-state index < -0.39 is 0 Å². The molecule has 1 N–H and O–H groups in total. The molecular weight excluding hydrogens is 230 g/mol. The van der Waals surface area contributed by atoms with Crippen LogP contribution in [0.25, 0.3) is 10.9 Å². The Hall–Kier alpha value is -0.930. The SMILES string of the molecule is OCc1cccc2cc(Br)cnc12. The molecule has 2 nitrogen and oxygen atoms in total. The van der Waals surface area contributed by atoms with Crippen molar-refractivity contribution in [2.24, 2.45) is 0 Å². The lowest BCUT2D eigenvalue weighted by atomic mass is 10.1. The maximum Gasteiger partial charge on any atom is 0.0757 e. The first-order valence-corrected chi connectivity index (χ1v) is 4.74. The van der Waals surface area contributed by atoms with Crippen LogP contribution >= 0.6 is 15.9 Å². The van der Waals surface area contributed by atoms with Crippen LogP contribution in [0.15, 0.2) is 34.9 Å². The summed E-state index contributed by atoms with van der Waals surface area (Å²) in [6.45, 7) is 0.0337. The molecule has 0 unspecified atom stereocenters. The zero-order valence-corrected chi connectivity index (χ0v) is 8.45. The molecule has 2 rings (SSSR count). The van der Waals surface area contributed by atoms with Crippen molar-refractivity contribution in [3.8, 4) is 0 Å². The van der Waals surface area contributed by atoms with Crippen LogP contribution in [0.5, 0.6) is 0 Å². The minimum absolute atomic E-state index is 0.0337. The summed E-state index contributed by atoms with van der Waals surface area (Å²) >= 11 is 3.35. The third kappa shape index (κ3) is 1.57. The van der Waals surface area contributed by atoms with E-state index in [1.54, 1.807) is 6.20 Å². The molecule has 13 heavy (non-hydrogen) atoms. The minimum Gasteiger partial charge on any atom is -0.392 e. The number of rotatable bonds is 1. The van der Waals surface area contributed by atoms with Crippen molar-refractivity contribution >= 4 is 26.8 Å². The summed E-state index contributed by atoms with van der Waals surface area (Å²) in [5, 5.41) is 10.1. The minimum atomic E-state index is 0.0337. The van der Waals surface area contributed by atoms with Crippen molar-refractivity contribution in [1.82, 2.24) is 4.98 Å². The van der Waals surface area contributed by atoms with Crippen LogP contribution in [0, 0.1) is 0 Å². The molecule has 0 bridgehead atoms. The number of pyridine rings is 1. The third-order valence-corrected chi connectivity index (χ3v) is 2.37. The van der Waals surface area contributed by atoms with E-state index in [1.165, 1.54) is 0 Å². The molecule has 0 fully saturated rings. The van der Waals surface area contributed by atoms with Gasteiger partial charge in [0.15, 0.2) is 0 Å². The van der Waals surface area contributed by atoms with Gasteiger partial charge in [-0.15, -0.1) is 0 Å². The van der Waals surface area contributed by atoms with Crippen molar-refractivity contribution in [3.05, 3.63) is 40.5 Å². The smallest absolute Gasteiger partial charge is 0.0757 e. The van der Waals surface area contributed by atoms with Crippen molar-refractivity contribution in [2.45, 2.75) is 6.61 Å². The lowest BCUT2D eigenvalue weighted by Gasteiger charge is -2.02. The molecule has 2 aromatic rings. The van der Waals surface area contributed by atoms with Gasteiger partial charge in [-0.25, -0.2) is 0 Å². The molecule has 0 amide bonds. The summed E-state index contributed by atoms with van der Waals surface area (Å²) in [5.74, 6) is 0. The molecule has 1 aromatic carbocycles. The monoisotopic (exact) mass is 237 g/mol. The number of benzene rings is 1. The average molecular weight is 238 g/mol. The van der Waals surface area contributed by atoms with Gasteiger partial charge in [-0.1, -0.05) is 18.2 Å². The summed E-state index contributed by atoms with van der Waals surface area (Å²) in [6.07, 6.45) is 1.74. The average Bonchev–Trinajstić information content (AvgIpc) is 2.16. The molecule has 0 aliphatic rings. The summed E-state index contributed by atoms with van der Waals surface area (Å²) in [4.78, 5) is 4.24. The molecular formula is C10H8BrNO. The van der Waals surface area contributed by atoms with E-state index in [1.807, 2.05) is 24.3 Å². The van der Waals surface area contributed by atoms with Gasteiger partial charge < -0.3 is 5.11 Å². The highest BCUT2D eigenvalue weighted by atomic mass is 79.9. The van der Waals surface area contributed by atoms with Crippen LogP contribution in [-0.4, -0.2) is 10.1 Å². The topological polar surface area (TPSA) is 33.1 Å². The number of aliphatic hydroxyl groups excluding tert-OH is 1. The van der Waals surface area contributed by atoms with Gasteiger partial charge in [0.2, 0.25) is 0 Å². The zero-order valence-electron chi connectivity index (χ0n) is 6.87. The number of aliphatic hydroxyl groups is 1. The second-order valence-corrected chi connectivity index (χ2v) is 3.72. The summed E-state index contributed by atoms with van der Waals surface area (Å²) in [7, 11) is 0. The number of hydrogen-bond donors (Lipinski definition) is 1. The van der Waals surface area contributed by atoms with Gasteiger partial charge in [0.1, 0.15) is 0 Å². The maximum absolute atomic E-state index is 9.05. The molecule has 0 radical (unpaired) electrons. The molecule has 0 aliphatic carbocycles. The van der Waals surface area contributed by atoms with E-state index in [9.17, 15) is 0 Å². The van der Waals surface area contributed by atoms with Gasteiger partial charge >= 0.3 is 0 Å². The molecule has 0 spiro atoms. The Kier molecular flexibility index (Phi) is 2.29. The van der Waals surface area contributed by atoms with E-state index in [2.05, 4.69) is 20.9 Å². The van der Waals surface area contributed by atoms with Crippen LogP contribution in [0.4, 0.5) is 0 Å². The normalized spacial score (nSPS) is 10.6. The fourth-order valence-corrected chi connectivity index (χ4v) is 1.67. The Morgan fingerprint density at radius 2 is 2.23 bits per heavy atom. The maximum atomic E-state index is 9.05. The van der Waals surface area contributed by atoms with Gasteiger partial charge in [0.05, 0.1) is 12.1 Å². The predicted molar refractivity (Wildman–Crippen MR) is 55.4 cm³/mol. The fourth-order valence-electron chi connectivity index (χ4n) is 1.32. The van der Waals surface area contributed by atoms with E-state index >= 15 is 0 Å². The second-order valence-electron chi connectivity index (χ2n) is 2.80. The van der Waals surface area contributed by atoms with Crippen LogP contribution in [0.2, 0.25) is 0 Å². The second kappa shape index (κ2) is 3.44. The Morgan fingerprint density at radius 3 is 3.00 bits per heavy atom. The van der Waals surface area contributed by atoms with Gasteiger partial charge in [-0.3, -0.25) is 4.98 Å². The Morgan fingerprint density at radius 1 is 1.38 bits per heavy atom. The van der Waals surface area contributed by atoms with Crippen LogP contribution in [0.1, 0.15) is 5.56 Å². The fraction of sp³-hybridized carbons (Fsp3) is 0.100. The van der Waals surface area contributed by atoms with Crippen LogP contribution < -0.4 is 0 Å². The van der Waals surface area contributed by atoms with E-state index in [4.69, 9.17) is 5.11 Å². The zero-order chi connectivity index (χ0) is 9.26. The van der Waals surface area contributed by atoms with Crippen LogP contribution in [0.3, 0.4) is 0 Å². The lowest BCUT2D eigenvalue weighted by Crippen LogP contribution is -1.88. The largest absolute Gasteiger partial charge is 0.392 e. The number of fused-ring (bicyclic) bond motifs is 1. The van der Waals surface area contributed by atoms with Gasteiger partial charge in [-0.05, 0) is 22.0 Å². The molecule has 0 saturated carbocycles. The molecule has 0 atom stereocenters. The first-order valence-electron chi connectivity index (χ1n) is 3.95. The molecule has 0 aliphatic heterocycles. The van der Waals surface area contributed by atoms with Gasteiger partial charge in [0, 0.05) is 21.6 Å². The lowest BCUT2D eigenvalue weighted by molar-refractivity contribution is 0.283. The molecule has 66 valence electrons. The standard InChI is InChI=1S/C10H8BrNO/c11-9-4-7-2-1-3-8(6-13)10(7)12-5-9/h1-5,13H,6H2. The number of hydrogen-bond acceptors (Lipinski definition) is 2. The highest BCUT2D eigenvalue weighted by Crippen LogP contribution is 2.20. The van der Waals surface area contributed by atoms with Gasteiger partial charge in [-0.2, -0.15) is 0 Å². The summed E-state index contributed by atoms with van der Waals surface area (Å²) < 4.78 is 0.954. The van der Waals surface area contributed by atoms with E-state index in [-0.39, 0.29) is 6.61 Å².